The molecule has 0 fully saturated rings. The van der Waals surface area contributed by atoms with Crippen molar-refractivity contribution in [2.24, 2.45) is 5.73 Å². The number of carbonyl (C=O) groups is 2. The molecule has 7 nitrogen and oxygen atoms in total. The lowest BCUT2D eigenvalue weighted by atomic mass is 10.1. The number of nitrogens with two attached hydrogens (primary N) is 1. The minimum Gasteiger partial charge on any atom is -0.422 e. The van der Waals surface area contributed by atoms with Gasteiger partial charge in [0.25, 0.3) is 5.91 Å². The Kier molecular flexibility index (Phi) is 8.51. The van der Waals surface area contributed by atoms with Crippen LogP contribution in [0.4, 0.5) is 5.69 Å². The number of nitrogens with one attached hydrogen (secondary N) is 1. The highest BCUT2D eigenvalue weighted by molar-refractivity contribution is 5.97. The zero-order chi connectivity index (χ0) is 19.7. The summed E-state index contributed by atoms with van der Waals surface area (Å²) in [6.07, 6.45) is 0.526. The molecule has 1 unspecified atom stereocenters. The summed E-state index contributed by atoms with van der Waals surface area (Å²) >= 11 is 0. The standard InChI is InChI=1S/C17H21N3O4.C2H6/c1-3-20(4-2)13-6-5-11-7-14(17(23)24-15(11)8-13)16(22)19-9-12(18)10-21;1-2/h5-8,10,12H,3-4,9,18H2,1-2H3,(H,19,22);1-2H3. The number of anilines is 1. The van der Waals surface area contributed by atoms with Crippen molar-refractivity contribution in [3.63, 3.8) is 0 Å². The van der Waals surface area contributed by atoms with Crippen molar-refractivity contribution < 1.29 is 14.0 Å². The lowest BCUT2D eigenvalue weighted by molar-refractivity contribution is -0.108. The van der Waals surface area contributed by atoms with E-state index in [1.807, 2.05) is 33.8 Å². The van der Waals surface area contributed by atoms with Crippen LogP contribution >= 0.6 is 0 Å². The summed E-state index contributed by atoms with van der Waals surface area (Å²) in [6, 6.07) is 6.18. The summed E-state index contributed by atoms with van der Waals surface area (Å²) in [4.78, 5) is 36.7. The number of hydrogen-bond acceptors (Lipinski definition) is 6. The van der Waals surface area contributed by atoms with Crippen LogP contribution in [0, 0.1) is 0 Å². The monoisotopic (exact) mass is 361 g/mol. The Hall–Kier alpha value is -2.67. The highest BCUT2D eigenvalue weighted by Crippen LogP contribution is 2.21. The molecule has 0 aliphatic carbocycles. The third kappa shape index (κ3) is 5.16. The Labute approximate surface area is 153 Å². The quantitative estimate of drug-likeness (QED) is 0.576. The summed E-state index contributed by atoms with van der Waals surface area (Å²) in [5, 5.41) is 3.09. The molecular formula is C19H27N3O4. The van der Waals surface area contributed by atoms with Crippen molar-refractivity contribution in [3.05, 3.63) is 40.2 Å². The molecule has 7 heteroatoms. The van der Waals surface area contributed by atoms with E-state index >= 15 is 0 Å². The molecular weight excluding hydrogens is 334 g/mol. The maximum Gasteiger partial charge on any atom is 0.349 e. The Balaban J connectivity index is 0.00000163. The van der Waals surface area contributed by atoms with E-state index in [0.29, 0.717) is 17.3 Å². The number of hydrogen-bond donors (Lipinski definition) is 2. The highest BCUT2D eigenvalue weighted by Gasteiger charge is 2.15. The van der Waals surface area contributed by atoms with Crippen LogP contribution < -0.4 is 21.6 Å². The van der Waals surface area contributed by atoms with Crippen LogP contribution in [0.5, 0.6) is 0 Å². The largest absolute Gasteiger partial charge is 0.422 e. The maximum atomic E-state index is 12.1. The number of aldehydes is 1. The molecule has 0 aliphatic heterocycles. The van der Waals surface area contributed by atoms with Crippen molar-refractivity contribution in [3.8, 4) is 0 Å². The number of rotatable bonds is 7. The lowest BCUT2D eigenvalue weighted by Gasteiger charge is -2.21. The van der Waals surface area contributed by atoms with Crippen LogP contribution in [0.25, 0.3) is 11.0 Å². The molecule has 142 valence electrons. The normalized spacial score (nSPS) is 11.3. The molecule has 26 heavy (non-hydrogen) atoms. The van der Waals surface area contributed by atoms with E-state index in [1.54, 1.807) is 12.1 Å². The predicted molar refractivity (Wildman–Crippen MR) is 104 cm³/mol. The van der Waals surface area contributed by atoms with Crippen LogP contribution in [-0.4, -0.2) is 37.9 Å². The minimum absolute atomic E-state index is 0.0410. The molecule has 0 spiro atoms. The van der Waals surface area contributed by atoms with Crippen LogP contribution in [-0.2, 0) is 4.79 Å². The van der Waals surface area contributed by atoms with Crippen molar-refractivity contribution >= 4 is 28.8 Å². The smallest absolute Gasteiger partial charge is 0.349 e. The van der Waals surface area contributed by atoms with Crippen molar-refractivity contribution in [1.29, 1.82) is 0 Å². The molecule has 0 bridgehead atoms. The third-order valence-electron chi connectivity index (χ3n) is 3.77. The molecule has 3 N–H and O–H groups in total. The number of nitrogens with zero attached hydrogens (tertiary/aromatic N) is 1. The van der Waals surface area contributed by atoms with Gasteiger partial charge in [0.15, 0.2) is 0 Å². The number of amides is 1. The topological polar surface area (TPSA) is 106 Å². The van der Waals surface area contributed by atoms with Gasteiger partial charge in [-0.15, -0.1) is 0 Å². The first-order chi connectivity index (χ1) is 12.5. The summed E-state index contributed by atoms with van der Waals surface area (Å²) < 4.78 is 5.28. The van der Waals surface area contributed by atoms with E-state index in [4.69, 9.17) is 10.2 Å². The fourth-order valence-corrected chi connectivity index (χ4v) is 2.40. The van der Waals surface area contributed by atoms with Gasteiger partial charge in [0.05, 0.1) is 6.04 Å². The molecule has 0 saturated carbocycles. The van der Waals surface area contributed by atoms with Crippen LogP contribution in [0.1, 0.15) is 38.1 Å². The molecule has 0 saturated heterocycles. The zero-order valence-corrected chi connectivity index (χ0v) is 15.7. The van der Waals surface area contributed by atoms with Crippen LogP contribution in [0.15, 0.2) is 33.5 Å². The minimum atomic E-state index is -0.807. The van der Waals surface area contributed by atoms with Crippen LogP contribution in [0.3, 0.4) is 0 Å². The van der Waals surface area contributed by atoms with E-state index in [9.17, 15) is 14.4 Å². The summed E-state index contributed by atoms with van der Waals surface area (Å²) in [5.41, 5.74) is 5.94. The van der Waals surface area contributed by atoms with Crippen molar-refractivity contribution in [2.75, 3.05) is 24.5 Å². The maximum absolute atomic E-state index is 12.1. The van der Waals surface area contributed by atoms with Gasteiger partial charge in [-0.2, -0.15) is 0 Å². The molecule has 1 aromatic carbocycles. The average molecular weight is 361 g/mol. The first kappa shape index (κ1) is 21.4. The zero-order valence-electron chi connectivity index (χ0n) is 15.7. The summed E-state index contributed by atoms with van der Waals surface area (Å²) in [5.74, 6) is -0.615. The second-order valence-corrected chi connectivity index (χ2v) is 5.35. The van der Waals surface area contributed by atoms with E-state index < -0.39 is 17.6 Å². The Bertz CT molecular complexity index is 797. The van der Waals surface area contributed by atoms with Gasteiger partial charge >= 0.3 is 5.63 Å². The van der Waals surface area contributed by atoms with Gasteiger partial charge < -0.3 is 25.2 Å². The van der Waals surface area contributed by atoms with Crippen molar-refractivity contribution in [1.82, 2.24) is 5.32 Å². The molecule has 1 atom stereocenters. The second-order valence-electron chi connectivity index (χ2n) is 5.35. The second kappa shape index (κ2) is 10.4. The van der Waals surface area contributed by atoms with E-state index in [-0.39, 0.29) is 12.1 Å². The Morgan fingerprint density at radius 1 is 1.27 bits per heavy atom. The van der Waals surface area contributed by atoms with E-state index in [1.165, 1.54) is 6.07 Å². The number of fused-ring (bicyclic) bond motifs is 1. The molecule has 1 amide bonds. The van der Waals surface area contributed by atoms with Gasteiger partial charge in [-0.25, -0.2) is 4.79 Å². The third-order valence-corrected chi connectivity index (χ3v) is 3.77. The summed E-state index contributed by atoms with van der Waals surface area (Å²) in [7, 11) is 0. The predicted octanol–water partition coefficient (Wildman–Crippen LogP) is 1.92. The SMILES string of the molecule is CC.CCN(CC)c1ccc2cc(C(=O)NCC(N)C=O)c(=O)oc2c1. The van der Waals surface area contributed by atoms with Gasteiger partial charge in [-0.1, -0.05) is 13.8 Å². The van der Waals surface area contributed by atoms with E-state index in [0.717, 1.165) is 18.8 Å². The van der Waals surface area contributed by atoms with Gasteiger partial charge in [-0.3, -0.25) is 4.79 Å². The Morgan fingerprint density at radius 2 is 1.92 bits per heavy atom. The highest BCUT2D eigenvalue weighted by atomic mass is 16.4. The van der Waals surface area contributed by atoms with Gasteiger partial charge in [0.1, 0.15) is 17.4 Å². The lowest BCUT2D eigenvalue weighted by Crippen LogP contribution is -2.39. The van der Waals surface area contributed by atoms with Gasteiger partial charge in [0.2, 0.25) is 0 Å². The molecule has 1 aromatic heterocycles. The van der Waals surface area contributed by atoms with E-state index in [2.05, 4.69) is 10.2 Å². The van der Waals surface area contributed by atoms with Gasteiger partial charge in [0, 0.05) is 36.8 Å². The fraction of sp³-hybridized carbons (Fsp3) is 0.421. The first-order valence-corrected chi connectivity index (χ1v) is 8.82. The van der Waals surface area contributed by atoms with Crippen LogP contribution in [0.2, 0.25) is 0 Å². The Morgan fingerprint density at radius 3 is 2.50 bits per heavy atom. The van der Waals surface area contributed by atoms with Gasteiger partial charge in [-0.05, 0) is 32.0 Å². The fourth-order valence-electron chi connectivity index (χ4n) is 2.40. The first-order valence-electron chi connectivity index (χ1n) is 8.82. The number of carbonyl (C=O) groups excluding carboxylic acids is 2. The molecule has 1 heterocycles. The molecule has 2 rings (SSSR count). The molecule has 2 aromatic rings. The molecule has 0 aliphatic rings. The average Bonchev–Trinajstić information content (AvgIpc) is 2.67. The summed E-state index contributed by atoms with van der Waals surface area (Å²) in [6.45, 7) is 9.72. The van der Waals surface area contributed by atoms with Crippen molar-refractivity contribution in [2.45, 2.75) is 33.7 Å². The molecule has 0 radical (unpaired) electrons. The number of benzene rings is 1.